The quantitative estimate of drug-likeness (QED) is 0.559. The molecule has 3 aromatic rings. The largest absolute Gasteiger partial charge is 0.493 e. The fourth-order valence-corrected chi connectivity index (χ4v) is 3.16. The van der Waals surface area contributed by atoms with Crippen LogP contribution in [0.4, 0.5) is 0 Å². The van der Waals surface area contributed by atoms with Crippen molar-refractivity contribution in [1.82, 2.24) is 24.0 Å². The van der Waals surface area contributed by atoms with Gasteiger partial charge in [0.2, 0.25) is 0 Å². The summed E-state index contributed by atoms with van der Waals surface area (Å²) in [6.07, 6.45) is 2.43. The number of fused-ring (bicyclic) bond motifs is 1. The number of benzene rings is 1. The van der Waals surface area contributed by atoms with Crippen LogP contribution in [0, 0.1) is 0 Å². The van der Waals surface area contributed by atoms with E-state index in [9.17, 15) is 9.59 Å². The molecule has 0 amide bonds. The van der Waals surface area contributed by atoms with E-state index >= 15 is 0 Å². The molecule has 0 saturated heterocycles. The maximum Gasteiger partial charge on any atom is 0.332 e. The van der Waals surface area contributed by atoms with E-state index in [0.717, 1.165) is 23.1 Å². The summed E-state index contributed by atoms with van der Waals surface area (Å²) < 4.78 is 14.8. The van der Waals surface area contributed by atoms with Gasteiger partial charge in [-0.2, -0.15) is 0 Å². The Kier molecular flexibility index (Phi) is 5.84. The van der Waals surface area contributed by atoms with Crippen LogP contribution in [-0.2, 0) is 27.1 Å². The number of ether oxygens (including phenoxy) is 2. The first kappa shape index (κ1) is 19.7. The SMILES string of the molecule is COc1ccc(CCNCCn2cnc3c2c(=O)n(C)c(=O)n3C)cc1OC. The van der Waals surface area contributed by atoms with Gasteiger partial charge in [0.25, 0.3) is 5.56 Å². The van der Waals surface area contributed by atoms with Crippen LogP contribution in [0.25, 0.3) is 11.2 Å². The highest BCUT2D eigenvalue weighted by molar-refractivity contribution is 5.69. The lowest BCUT2D eigenvalue weighted by Gasteiger charge is -2.10. The van der Waals surface area contributed by atoms with E-state index in [4.69, 9.17) is 9.47 Å². The molecular weight excluding hydrogens is 362 g/mol. The number of aromatic nitrogens is 4. The molecule has 1 N–H and O–H groups in total. The highest BCUT2D eigenvalue weighted by Gasteiger charge is 2.13. The fraction of sp³-hybridized carbons (Fsp3) is 0.421. The summed E-state index contributed by atoms with van der Waals surface area (Å²) in [6.45, 7) is 2.03. The summed E-state index contributed by atoms with van der Waals surface area (Å²) in [5.74, 6) is 1.42. The van der Waals surface area contributed by atoms with E-state index in [-0.39, 0.29) is 11.2 Å². The van der Waals surface area contributed by atoms with E-state index in [2.05, 4.69) is 10.3 Å². The van der Waals surface area contributed by atoms with Gasteiger partial charge >= 0.3 is 5.69 Å². The standard InChI is InChI=1S/C19H25N5O4/c1-22-17-16(18(25)23(2)19(22)26)24(12-21-17)10-9-20-8-7-13-5-6-14(27-3)15(11-13)28-4/h5-6,11-12,20H,7-10H2,1-4H3. The Morgan fingerprint density at radius 2 is 1.79 bits per heavy atom. The minimum atomic E-state index is -0.379. The van der Waals surface area contributed by atoms with Gasteiger partial charge < -0.3 is 19.4 Å². The van der Waals surface area contributed by atoms with Gasteiger partial charge in [-0.15, -0.1) is 0 Å². The molecule has 0 saturated carbocycles. The van der Waals surface area contributed by atoms with Gasteiger partial charge in [-0.1, -0.05) is 6.07 Å². The second-order valence-corrected chi connectivity index (χ2v) is 6.51. The molecule has 1 aromatic carbocycles. The highest BCUT2D eigenvalue weighted by atomic mass is 16.5. The Bertz CT molecular complexity index is 1100. The minimum absolute atomic E-state index is 0.332. The van der Waals surface area contributed by atoms with Crippen molar-refractivity contribution in [2.24, 2.45) is 14.1 Å². The number of methoxy groups -OCH3 is 2. The maximum absolute atomic E-state index is 12.4. The van der Waals surface area contributed by atoms with Crippen LogP contribution in [0.3, 0.4) is 0 Å². The van der Waals surface area contributed by atoms with E-state index in [1.54, 1.807) is 32.2 Å². The van der Waals surface area contributed by atoms with Crippen molar-refractivity contribution in [3.8, 4) is 11.5 Å². The zero-order chi connectivity index (χ0) is 20.3. The molecule has 2 aromatic heterocycles. The van der Waals surface area contributed by atoms with E-state index < -0.39 is 0 Å². The lowest BCUT2D eigenvalue weighted by Crippen LogP contribution is -2.37. The Hall–Kier alpha value is -3.07. The van der Waals surface area contributed by atoms with Gasteiger partial charge in [0.1, 0.15) is 0 Å². The smallest absolute Gasteiger partial charge is 0.332 e. The normalized spacial score (nSPS) is 11.1. The first-order valence-corrected chi connectivity index (χ1v) is 9.00. The van der Waals surface area contributed by atoms with Gasteiger partial charge in [-0.3, -0.25) is 13.9 Å². The van der Waals surface area contributed by atoms with Crippen molar-refractivity contribution in [3.05, 3.63) is 50.9 Å². The Morgan fingerprint density at radius 1 is 1.04 bits per heavy atom. The summed E-state index contributed by atoms with van der Waals surface area (Å²) in [5.41, 5.74) is 1.27. The molecule has 0 aliphatic heterocycles. The van der Waals surface area contributed by atoms with E-state index in [0.29, 0.717) is 35.8 Å². The topological polar surface area (TPSA) is 92.3 Å². The predicted molar refractivity (Wildman–Crippen MR) is 106 cm³/mol. The first-order chi connectivity index (χ1) is 13.5. The number of rotatable bonds is 8. The van der Waals surface area contributed by atoms with Gasteiger partial charge in [0.05, 0.1) is 20.5 Å². The predicted octanol–water partition coefficient (Wildman–Crippen LogP) is 0.283. The summed E-state index contributed by atoms with van der Waals surface area (Å²) in [7, 11) is 6.32. The molecule has 0 unspecified atom stereocenters. The lowest BCUT2D eigenvalue weighted by molar-refractivity contribution is 0.354. The van der Waals surface area contributed by atoms with Crippen LogP contribution in [0.15, 0.2) is 34.1 Å². The van der Waals surface area contributed by atoms with Crippen LogP contribution in [0.2, 0.25) is 0 Å². The molecule has 150 valence electrons. The molecular formula is C19H25N5O4. The second kappa shape index (κ2) is 8.30. The molecule has 9 heteroatoms. The summed E-state index contributed by atoms with van der Waals surface area (Å²) in [4.78, 5) is 28.6. The first-order valence-electron chi connectivity index (χ1n) is 9.00. The molecule has 3 rings (SSSR count). The van der Waals surface area contributed by atoms with Crippen molar-refractivity contribution in [2.75, 3.05) is 27.3 Å². The van der Waals surface area contributed by atoms with Gasteiger partial charge in [-0.05, 0) is 30.7 Å². The third-order valence-corrected chi connectivity index (χ3v) is 4.79. The molecule has 0 aliphatic rings. The number of imidazole rings is 1. The van der Waals surface area contributed by atoms with Crippen molar-refractivity contribution in [3.63, 3.8) is 0 Å². The molecule has 0 radical (unpaired) electrons. The summed E-state index contributed by atoms with van der Waals surface area (Å²) in [6, 6.07) is 5.87. The average Bonchev–Trinajstić information content (AvgIpc) is 3.14. The number of aryl methyl sites for hydroxylation is 1. The summed E-state index contributed by atoms with van der Waals surface area (Å²) in [5, 5.41) is 3.36. The van der Waals surface area contributed by atoms with Crippen LogP contribution in [-0.4, -0.2) is 46.0 Å². The van der Waals surface area contributed by atoms with Crippen molar-refractivity contribution >= 4 is 11.2 Å². The molecule has 0 spiro atoms. The van der Waals surface area contributed by atoms with E-state index in [1.165, 1.54) is 11.6 Å². The number of nitrogens with one attached hydrogen (secondary N) is 1. The maximum atomic E-state index is 12.4. The molecule has 0 fully saturated rings. The van der Waals surface area contributed by atoms with Crippen molar-refractivity contribution in [2.45, 2.75) is 13.0 Å². The fourth-order valence-electron chi connectivity index (χ4n) is 3.16. The van der Waals surface area contributed by atoms with Crippen molar-refractivity contribution in [1.29, 1.82) is 0 Å². The van der Waals surface area contributed by atoms with Crippen LogP contribution in [0.5, 0.6) is 11.5 Å². The average molecular weight is 387 g/mol. The Labute approximate surface area is 162 Å². The molecule has 0 bridgehead atoms. The molecule has 0 atom stereocenters. The Morgan fingerprint density at radius 3 is 2.50 bits per heavy atom. The molecule has 2 heterocycles. The highest BCUT2D eigenvalue weighted by Crippen LogP contribution is 2.27. The lowest BCUT2D eigenvalue weighted by atomic mass is 10.1. The number of hydrogen-bond donors (Lipinski definition) is 1. The van der Waals surface area contributed by atoms with Gasteiger partial charge in [0.15, 0.2) is 22.7 Å². The van der Waals surface area contributed by atoms with Gasteiger partial charge in [0, 0.05) is 27.2 Å². The zero-order valence-corrected chi connectivity index (χ0v) is 16.6. The summed E-state index contributed by atoms with van der Waals surface area (Å²) >= 11 is 0. The third-order valence-electron chi connectivity index (χ3n) is 4.79. The van der Waals surface area contributed by atoms with Crippen LogP contribution < -0.4 is 26.0 Å². The molecule has 9 nitrogen and oxygen atoms in total. The van der Waals surface area contributed by atoms with Gasteiger partial charge in [-0.25, -0.2) is 9.78 Å². The van der Waals surface area contributed by atoms with Crippen LogP contribution in [0.1, 0.15) is 5.56 Å². The zero-order valence-electron chi connectivity index (χ0n) is 16.6. The molecule has 0 aliphatic carbocycles. The number of hydrogen-bond acceptors (Lipinski definition) is 6. The second-order valence-electron chi connectivity index (χ2n) is 6.51. The van der Waals surface area contributed by atoms with Crippen LogP contribution >= 0.6 is 0 Å². The van der Waals surface area contributed by atoms with E-state index in [1.807, 2.05) is 18.2 Å². The monoisotopic (exact) mass is 387 g/mol. The molecule has 28 heavy (non-hydrogen) atoms. The number of nitrogens with zero attached hydrogens (tertiary/aromatic N) is 4. The Balaban J connectivity index is 1.61. The third kappa shape index (κ3) is 3.65. The minimum Gasteiger partial charge on any atom is -0.493 e. The van der Waals surface area contributed by atoms with Crippen molar-refractivity contribution < 1.29 is 9.47 Å².